The lowest BCUT2D eigenvalue weighted by molar-refractivity contribution is 0.603. The molecule has 0 saturated heterocycles. The third-order valence-electron chi connectivity index (χ3n) is 1.68. The maximum absolute atomic E-state index is 11.1. The van der Waals surface area contributed by atoms with Gasteiger partial charge < -0.3 is 5.32 Å². The normalized spacial score (nSPS) is 18.2. The van der Waals surface area contributed by atoms with Gasteiger partial charge in [-0.1, -0.05) is 35.0 Å². The van der Waals surface area contributed by atoms with Crippen molar-refractivity contribution >= 4 is 55.8 Å². The number of hydrogen-bond acceptors (Lipinski definition) is 4. The van der Waals surface area contributed by atoms with Crippen molar-refractivity contribution in [2.45, 2.75) is 0 Å². The minimum absolute atomic E-state index is 0.0381. The van der Waals surface area contributed by atoms with Crippen LogP contribution >= 0.6 is 35.0 Å². The number of nitrogens with one attached hydrogen (secondary N) is 1. The van der Waals surface area contributed by atoms with E-state index in [9.17, 15) is 8.42 Å². The van der Waals surface area contributed by atoms with Crippen LogP contribution < -0.4 is 5.32 Å². The van der Waals surface area contributed by atoms with Gasteiger partial charge in [0.05, 0.1) is 0 Å². The van der Waals surface area contributed by atoms with Crippen molar-refractivity contribution in [1.82, 2.24) is 0 Å². The molecule has 0 aromatic heterocycles. The number of sulfonamides is 1. The Hall–Kier alpha value is -0.430. The van der Waals surface area contributed by atoms with Crippen LogP contribution in [-0.2, 0) is 10.0 Å². The second kappa shape index (κ2) is 4.44. The highest BCUT2D eigenvalue weighted by molar-refractivity contribution is 8.24. The molecule has 0 unspecified atom stereocenters. The lowest BCUT2D eigenvalue weighted by Gasteiger charge is -2.04. The van der Waals surface area contributed by atoms with Crippen molar-refractivity contribution in [3.05, 3.63) is 28.2 Å². The van der Waals surface area contributed by atoms with Crippen molar-refractivity contribution in [3.8, 4) is 0 Å². The summed E-state index contributed by atoms with van der Waals surface area (Å²) in [5.41, 5.74) is 0.612. The highest BCUT2D eigenvalue weighted by Crippen LogP contribution is 2.25. The SMILES string of the molecule is O=S1(=O)CSC(Nc2cc(Cl)cc(Cl)c2)=N1. The van der Waals surface area contributed by atoms with E-state index in [1.165, 1.54) is 0 Å². The molecule has 1 aromatic rings. The number of benzene rings is 1. The second-order valence-electron chi connectivity index (χ2n) is 3.02. The predicted molar refractivity (Wildman–Crippen MR) is 68.9 cm³/mol. The Morgan fingerprint density at radius 1 is 1.25 bits per heavy atom. The third kappa shape index (κ3) is 3.04. The first kappa shape index (κ1) is 12.0. The first-order valence-electron chi connectivity index (χ1n) is 4.13. The average Bonchev–Trinajstić information content (AvgIpc) is 2.43. The molecule has 1 N–H and O–H groups in total. The largest absolute Gasteiger partial charge is 0.334 e. The maximum atomic E-state index is 11.1. The Kier molecular flexibility index (Phi) is 3.34. The van der Waals surface area contributed by atoms with E-state index in [0.717, 1.165) is 11.8 Å². The van der Waals surface area contributed by atoms with Crippen molar-refractivity contribution in [1.29, 1.82) is 0 Å². The summed E-state index contributed by atoms with van der Waals surface area (Å²) in [5.74, 6) is 0. The number of nitrogens with zero attached hydrogens (tertiary/aromatic N) is 1. The second-order valence-corrected chi connectivity index (χ2v) is 6.86. The zero-order chi connectivity index (χ0) is 11.8. The van der Waals surface area contributed by atoms with Gasteiger partial charge in [-0.3, -0.25) is 0 Å². The molecule has 0 bridgehead atoms. The van der Waals surface area contributed by atoms with E-state index in [4.69, 9.17) is 23.2 Å². The van der Waals surface area contributed by atoms with Crippen LogP contribution in [0.3, 0.4) is 0 Å². The molecule has 0 radical (unpaired) electrons. The molecule has 0 amide bonds. The van der Waals surface area contributed by atoms with E-state index in [1.807, 2.05) is 0 Å². The molecule has 0 atom stereocenters. The molecule has 1 aliphatic heterocycles. The Labute approximate surface area is 107 Å². The van der Waals surface area contributed by atoms with Gasteiger partial charge in [0, 0.05) is 15.7 Å². The fourth-order valence-corrected chi connectivity index (χ4v) is 3.94. The average molecular weight is 297 g/mol. The van der Waals surface area contributed by atoms with Gasteiger partial charge in [0.1, 0.15) is 5.08 Å². The molecule has 2 rings (SSSR count). The Morgan fingerprint density at radius 2 is 1.88 bits per heavy atom. The van der Waals surface area contributed by atoms with E-state index in [-0.39, 0.29) is 5.08 Å². The highest BCUT2D eigenvalue weighted by Gasteiger charge is 2.21. The van der Waals surface area contributed by atoms with Crippen LogP contribution in [-0.4, -0.2) is 18.7 Å². The zero-order valence-corrected chi connectivity index (χ0v) is 10.9. The van der Waals surface area contributed by atoms with Gasteiger partial charge in [-0.15, -0.1) is 4.40 Å². The van der Waals surface area contributed by atoms with Crippen LogP contribution in [0.25, 0.3) is 0 Å². The van der Waals surface area contributed by atoms with Gasteiger partial charge in [-0.05, 0) is 18.2 Å². The monoisotopic (exact) mass is 296 g/mol. The van der Waals surface area contributed by atoms with E-state index >= 15 is 0 Å². The number of thioether (sulfide) groups is 1. The minimum atomic E-state index is -3.31. The minimum Gasteiger partial charge on any atom is -0.334 e. The van der Waals surface area contributed by atoms with E-state index in [2.05, 4.69) is 9.71 Å². The summed E-state index contributed by atoms with van der Waals surface area (Å²) in [7, 11) is -3.31. The standard InChI is InChI=1S/C8H6Cl2N2O2S2/c9-5-1-6(10)3-7(2-5)11-8-12-16(13,14)4-15-8/h1-3H,4H2,(H,11,12). The number of rotatable bonds is 1. The highest BCUT2D eigenvalue weighted by atomic mass is 35.5. The van der Waals surface area contributed by atoms with Crippen LogP contribution in [0, 0.1) is 0 Å². The first-order valence-corrected chi connectivity index (χ1v) is 7.48. The molecule has 0 spiro atoms. The zero-order valence-electron chi connectivity index (χ0n) is 7.78. The number of amidine groups is 1. The Bertz CT molecular complexity index is 537. The van der Waals surface area contributed by atoms with Crippen LogP contribution in [0.1, 0.15) is 0 Å². The summed E-state index contributed by atoms with van der Waals surface area (Å²) in [6, 6.07) is 4.87. The molecular formula is C8H6Cl2N2O2S2. The molecule has 1 aliphatic rings. The summed E-state index contributed by atoms with van der Waals surface area (Å²) in [6.07, 6.45) is 0. The summed E-state index contributed by atoms with van der Waals surface area (Å²) in [4.78, 5) is 0. The van der Waals surface area contributed by atoms with Gasteiger partial charge in [-0.25, -0.2) is 8.42 Å². The van der Waals surface area contributed by atoms with Crippen molar-refractivity contribution in [2.24, 2.45) is 4.40 Å². The van der Waals surface area contributed by atoms with Crippen LogP contribution in [0.2, 0.25) is 10.0 Å². The van der Waals surface area contributed by atoms with Gasteiger partial charge in [0.2, 0.25) is 0 Å². The topological polar surface area (TPSA) is 58.5 Å². The maximum Gasteiger partial charge on any atom is 0.265 e. The first-order chi connectivity index (χ1) is 7.44. The smallest absolute Gasteiger partial charge is 0.265 e. The molecule has 86 valence electrons. The Balaban J connectivity index is 2.22. The molecule has 8 heteroatoms. The molecule has 1 aromatic carbocycles. The molecule has 0 fully saturated rings. The number of anilines is 1. The Morgan fingerprint density at radius 3 is 2.38 bits per heavy atom. The summed E-state index contributed by atoms with van der Waals surface area (Å²) >= 11 is 12.7. The molecule has 16 heavy (non-hydrogen) atoms. The van der Waals surface area contributed by atoms with Gasteiger partial charge in [-0.2, -0.15) is 0 Å². The molecule has 0 aliphatic carbocycles. The van der Waals surface area contributed by atoms with E-state index < -0.39 is 10.0 Å². The number of hydrogen-bond donors (Lipinski definition) is 1. The van der Waals surface area contributed by atoms with Crippen LogP contribution in [0.4, 0.5) is 5.69 Å². The third-order valence-corrected chi connectivity index (χ3v) is 4.82. The van der Waals surface area contributed by atoms with Crippen molar-refractivity contribution in [2.75, 3.05) is 10.4 Å². The summed E-state index contributed by atoms with van der Waals surface area (Å²) in [6.45, 7) is 0. The fourth-order valence-electron chi connectivity index (χ4n) is 1.12. The summed E-state index contributed by atoms with van der Waals surface area (Å²) in [5, 5.41) is 4.08. The van der Waals surface area contributed by atoms with E-state index in [1.54, 1.807) is 18.2 Å². The lowest BCUT2D eigenvalue weighted by atomic mass is 10.3. The lowest BCUT2D eigenvalue weighted by Crippen LogP contribution is -2.04. The van der Waals surface area contributed by atoms with Crippen molar-refractivity contribution in [3.63, 3.8) is 0 Å². The molecular weight excluding hydrogens is 291 g/mol. The van der Waals surface area contributed by atoms with Gasteiger partial charge in [0.15, 0.2) is 5.17 Å². The van der Waals surface area contributed by atoms with Gasteiger partial charge >= 0.3 is 0 Å². The quantitative estimate of drug-likeness (QED) is 0.866. The number of halogens is 2. The van der Waals surface area contributed by atoms with Gasteiger partial charge in [0.25, 0.3) is 10.0 Å². The van der Waals surface area contributed by atoms with Crippen LogP contribution in [0.15, 0.2) is 22.6 Å². The van der Waals surface area contributed by atoms with E-state index in [0.29, 0.717) is 20.9 Å². The molecule has 0 saturated carbocycles. The predicted octanol–water partition coefficient (Wildman–Crippen LogP) is 2.80. The molecule has 4 nitrogen and oxygen atoms in total. The fraction of sp³-hybridized carbons (Fsp3) is 0.125. The summed E-state index contributed by atoms with van der Waals surface area (Å²) < 4.78 is 25.7. The van der Waals surface area contributed by atoms with Crippen LogP contribution in [0.5, 0.6) is 0 Å². The molecule has 1 heterocycles. The van der Waals surface area contributed by atoms with Crippen molar-refractivity contribution < 1.29 is 8.42 Å².